The zero-order chi connectivity index (χ0) is 33.4. The van der Waals surface area contributed by atoms with Gasteiger partial charge in [-0.1, -0.05) is 89.1 Å². The first kappa shape index (κ1) is 31.7. The second-order valence-corrected chi connectivity index (χ2v) is 13.2. The second-order valence-electron chi connectivity index (χ2n) is 11.4. The van der Waals surface area contributed by atoms with Gasteiger partial charge in [0.25, 0.3) is 11.5 Å². The lowest BCUT2D eigenvalue weighted by molar-refractivity contribution is -0.113. The number of amides is 1. The zero-order valence-electron chi connectivity index (χ0n) is 26.1. The number of nitrogens with zero attached hydrogens (tertiary/aromatic N) is 3. The molecule has 0 unspecified atom stereocenters. The molecule has 1 atom stereocenters. The Morgan fingerprint density at radius 3 is 2.48 bits per heavy atom. The van der Waals surface area contributed by atoms with Gasteiger partial charge in [-0.3, -0.25) is 14.2 Å². The number of allylic oxidation sites excluding steroid dienone is 1. The summed E-state index contributed by atoms with van der Waals surface area (Å²) in [5.74, 6) is 0.392. The summed E-state index contributed by atoms with van der Waals surface area (Å²) < 4.78 is 9.96. The highest BCUT2D eigenvalue weighted by Gasteiger charge is 2.32. The highest BCUT2D eigenvalue weighted by atomic mass is 35.5. The van der Waals surface area contributed by atoms with Crippen molar-refractivity contribution in [3.05, 3.63) is 161 Å². The number of hydrogen-bond donors (Lipinski definition) is 1. The molecule has 0 bridgehead atoms. The lowest BCUT2D eigenvalue weighted by Gasteiger charge is -2.25. The van der Waals surface area contributed by atoms with Gasteiger partial charge in [-0.2, -0.15) is 0 Å². The van der Waals surface area contributed by atoms with Crippen molar-refractivity contribution in [3.63, 3.8) is 0 Å². The molecule has 0 aliphatic carbocycles. The van der Waals surface area contributed by atoms with Crippen molar-refractivity contribution in [3.8, 4) is 5.75 Å². The molecule has 6 aromatic rings. The quantitative estimate of drug-likeness (QED) is 0.179. The number of ether oxygens (including phenoxy) is 1. The van der Waals surface area contributed by atoms with E-state index < -0.39 is 6.04 Å². The molecule has 1 aliphatic heterocycles. The highest BCUT2D eigenvalue weighted by molar-refractivity contribution is 7.07. The fourth-order valence-corrected chi connectivity index (χ4v) is 7.42. The van der Waals surface area contributed by atoms with E-state index in [1.54, 1.807) is 10.6 Å². The number of rotatable bonds is 8. The summed E-state index contributed by atoms with van der Waals surface area (Å²) in [5.41, 5.74) is 5.07. The molecule has 3 heterocycles. The summed E-state index contributed by atoms with van der Waals surface area (Å²) in [6.07, 6.45) is 3.95. The van der Waals surface area contributed by atoms with Crippen LogP contribution in [0.5, 0.6) is 5.75 Å². The van der Waals surface area contributed by atoms with E-state index in [0.717, 1.165) is 27.6 Å². The van der Waals surface area contributed by atoms with Crippen molar-refractivity contribution in [1.82, 2.24) is 9.13 Å². The Bertz CT molecular complexity index is 2390. The van der Waals surface area contributed by atoms with Crippen molar-refractivity contribution in [2.75, 3.05) is 11.9 Å². The summed E-state index contributed by atoms with van der Waals surface area (Å²) in [4.78, 5) is 33.6. The lowest BCUT2D eigenvalue weighted by atomic mass is 9.95. The van der Waals surface area contributed by atoms with Gasteiger partial charge in [0.15, 0.2) is 4.80 Å². The van der Waals surface area contributed by atoms with Crippen LogP contribution < -0.4 is 24.9 Å². The summed E-state index contributed by atoms with van der Waals surface area (Å²) in [6, 6.07) is 29.8. The Morgan fingerprint density at radius 2 is 1.73 bits per heavy atom. The fraction of sp³-hybridized carbons (Fsp3) is 0.132. The maximum absolute atomic E-state index is 14.4. The van der Waals surface area contributed by atoms with Crippen LogP contribution in [0.15, 0.2) is 124 Å². The number of carbonyl (C=O) groups excluding carboxylic acids is 1. The Hall–Kier alpha value is -4.89. The van der Waals surface area contributed by atoms with Gasteiger partial charge in [0, 0.05) is 34.9 Å². The molecule has 0 saturated heterocycles. The van der Waals surface area contributed by atoms with Crippen molar-refractivity contribution < 1.29 is 9.53 Å². The Kier molecular flexibility index (Phi) is 8.79. The average Bonchev–Trinajstić information content (AvgIpc) is 3.59. The average molecular weight is 694 g/mol. The monoisotopic (exact) mass is 692 g/mol. The van der Waals surface area contributed by atoms with E-state index in [4.69, 9.17) is 32.9 Å². The standard InChI is InChI=1S/C38H30Cl2N4O3S/c1-3-47-28-16-14-25(15-17-28)35-34(36(45)42-27-9-5-4-6-10-27)23(2)41-38-44(35)37(46)33(48-38)20-26-22-43(32-12-8-7-11-29(26)32)21-24-13-18-30(39)31(40)19-24/h4-20,22,35H,3,21H2,1-2H3,(H,42,45)/b33-20+/t35-/m1/s1. The molecule has 1 amide bonds. The van der Waals surface area contributed by atoms with Crippen LogP contribution in [0.2, 0.25) is 10.0 Å². The van der Waals surface area contributed by atoms with Crippen LogP contribution in [0.25, 0.3) is 17.0 Å². The summed E-state index contributed by atoms with van der Waals surface area (Å²) in [6.45, 7) is 4.84. The predicted octanol–water partition coefficient (Wildman–Crippen LogP) is 7.58. The highest BCUT2D eigenvalue weighted by Crippen LogP contribution is 2.32. The molecule has 10 heteroatoms. The van der Waals surface area contributed by atoms with Gasteiger partial charge < -0.3 is 14.6 Å². The largest absolute Gasteiger partial charge is 0.494 e. The first-order valence-corrected chi connectivity index (χ1v) is 17.0. The minimum absolute atomic E-state index is 0.225. The minimum Gasteiger partial charge on any atom is -0.494 e. The van der Waals surface area contributed by atoms with Gasteiger partial charge in [0.05, 0.1) is 38.5 Å². The van der Waals surface area contributed by atoms with Crippen molar-refractivity contribution >= 4 is 63.1 Å². The number of halogens is 2. The van der Waals surface area contributed by atoms with Gasteiger partial charge >= 0.3 is 0 Å². The van der Waals surface area contributed by atoms with Crippen LogP contribution in [0.4, 0.5) is 5.69 Å². The lowest BCUT2D eigenvalue weighted by Crippen LogP contribution is -2.40. The first-order valence-electron chi connectivity index (χ1n) is 15.4. The number of nitrogens with one attached hydrogen (secondary N) is 1. The molecule has 0 saturated carbocycles. The molecule has 240 valence electrons. The number of benzene rings is 4. The maximum Gasteiger partial charge on any atom is 0.271 e. The smallest absolute Gasteiger partial charge is 0.271 e. The molecule has 7 nitrogen and oxygen atoms in total. The topological polar surface area (TPSA) is 77.6 Å². The van der Waals surface area contributed by atoms with E-state index in [1.807, 2.05) is 111 Å². The Labute approximate surface area is 290 Å². The van der Waals surface area contributed by atoms with Gasteiger partial charge in [-0.25, -0.2) is 4.99 Å². The molecule has 2 aromatic heterocycles. The minimum atomic E-state index is -0.696. The summed E-state index contributed by atoms with van der Waals surface area (Å²) >= 11 is 13.8. The summed E-state index contributed by atoms with van der Waals surface area (Å²) in [7, 11) is 0. The molecule has 1 N–H and O–H groups in total. The van der Waals surface area contributed by atoms with Crippen molar-refractivity contribution in [2.45, 2.75) is 26.4 Å². The van der Waals surface area contributed by atoms with Crippen LogP contribution in [-0.2, 0) is 11.3 Å². The van der Waals surface area contributed by atoms with Crippen LogP contribution in [0.1, 0.15) is 36.6 Å². The van der Waals surface area contributed by atoms with E-state index in [9.17, 15) is 9.59 Å². The van der Waals surface area contributed by atoms with Crippen LogP contribution in [0.3, 0.4) is 0 Å². The van der Waals surface area contributed by atoms with Crippen LogP contribution >= 0.6 is 34.5 Å². The van der Waals surface area contributed by atoms with Crippen LogP contribution in [0, 0.1) is 0 Å². The van der Waals surface area contributed by atoms with E-state index in [2.05, 4.69) is 16.0 Å². The number of aromatic nitrogens is 2. The van der Waals surface area contributed by atoms with Gasteiger partial charge in [0.2, 0.25) is 0 Å². The third-order valence-corrected chi connectivity index (χ3v) is 9.97. The maximum atomic E-state index is 14.4. The number of thiazole rings is 1. The molecule has 0 radical (unpaired) electrons. The second kappa shape index (κ2) is 13.3. The normalized spacial score (nSPS) is 14.6. The molecule has 0 spiro atoms. The van der Waals surface area contributed by atoms with E-state index in [0.29, 0.717) is 55.2 Å². The molecule has 0 fully saturated rings. The van der Waals surface area contributed by atoms with Crippen LogP contribution in [-0.4, -0.2) is 21.6 Å². The Morgan fingerprint density at radius 1 is 0.979 bits per heavy atom. The SMILES string of the molecule is CCOc1ccc([C@@H]2C(C(=O)Nc3ccccc3)=C(C)N=c3s/c(=C/c4cn(Cc5ccc(Cl)c(Cl)c5)c5ccccc45)c(=O)n32)cc1. The van der Waals surface area contributed by atoms with E-state index in [-0.39, 0.29) is 11.5 Å². The predicted molar refractivity (Wildman–Crippen MR) is 194 cm³/mol. The Balaban J connectivity index is 1.34. The summed E-state index contributed by atoms with van der Waals surface area (Å²) in [5, 5.41) is 5.01. The number of anilines is 1. The first-order chi connectivity index (χ1) is 23.3. The molecule has 7 rings (SSSR count). The van der Waals surface area contributed by atoms with Gasteiger partial charge in [-0.15, -0.1) is 0 Å². The van der Waals surface area contributed by atoms with Gasteiger partial charge in [-0.05, 0) is 73.5 Å². The van der Waals surface area contributed by atoms with E-state index >= 15 is 0 Å². The molecular formula is C38H30Cl2N4O3S. The molecule has 4 aromatic carbocycles. The zero-order valence-corrected chi connectivity index (χ0v) is 28.4. The number of fused-ring (bicyclic) bond motifs is 2. The number of hydrogen-bond acceptors (Lipinski definition) is 5. The van der Waals surface area contributed by atoms with Crippen molar-refractivity contribution in [2.24, 2.45) is 4.99 Å². The van der Waals surface area contributed by atoms with E-state index in [1.165, 1.54) is 11.3 Å². The molecule has 48 heavy (non-hydrogen) atoms. The van der Waals surface area contributed by atoms with Gasteiger partial charge in [0.1, 0.15) is 5.75 Å². The molecular weight excluding hydrogens is 663 g/mol. The third-order valence-electron chi connectivity index (χ3n) is 8.25. The number of para-hydroxylation sites is 2. The number of carbonyl (C=O) groups is 1. The third kappa shape index (κ3) is 6.10. The van der Waals surface area contributed by atoms with Crippen molar-refractivity contribution in [1.29, 1.82) is 0 Å². The molecule has 1 aliphatic rings. The fourth-order valence-electron chi connectivity index (χ4n) is 6.06.